The molecule has 1 atom stereocenters. The molecular formula is C28H23ClF3N. The third-order valence-electron chi connectivity index (χ3n) is 7.50. The van der Waals surface area contributed by atoms with Crippen molar-refractivity contribution in [1.82, 2.24) is 0 Å². The maximum absolute atomic E-state index is 13.9. The molecule has 0 bridgehead atoms. The van der Waals surface area contributed by atoms with Gasteiger partial charge in [0.1, 0.15) is 0 Å². The molecule has 3 aromatic rings. The van der Waals surface area contributed by atoms with Crippen molar-refractivity contribution in [3.63, 3.8) is 0 Å². The minimum Gasteiger partial charge on any atom is -0.399 e. The molecule has 3 aliphatic rings. The Morgan fingerprint density at radius 2 is 1.79 bits per heavy atom. The van der Waals surface area contributed by atoms with E-state index in [0.717, 1.165) is 53.5 Å². The number of rotatable bonds is 2. The van der Waals surface area contributed by atoms with Crippen LogP contribution in [-0.4, -0.2) is 6.18 Å². The quantitative estimate of drug-likeness (QED) is 0.299. The fraction of sp³-hybridized carbons (Fsp3) is 0.286. The van der Waals surface area contributed by atoms with Crippen LogP contribution >= 0.6 is 11.6 Å². The van der Waals surface area contributed by atoms with Gasteiger partial charge in [0.05, 0.1) is 11.4 Å². The number of fused-ring (bicyclic) bond motifs is 5. The van der Waals surface area contributed by atoms with Crippen molar-refractivity contribution < 1.29 is 13.2 Å². The van der Waals surface area contributed by atoms with Crippen LogP contribution in [0.15, 0.2) is 54.1 Å². The Hall–Kier alpha value is -2.72. The summed E-state index contributed by atoms with van der Waals surface area (Å²) in [4.78, 5) is 0. The monoisotopic (exact) mass is 465 g/mol. The van der Waals surface area contributed by atoms with Crippen molar-refractivity contribution in [2.45, 2.75) is 50.6 Å². The predicted molar refractivity (Wildman–Crippen MR) is 128 cm³/mol. The zero-order valence-corrected chi connectivity index (χ0v) is 18.8. The number of hydrogen-bond acceptors (Lipinski definition) is 1. The van der Waals surface area contributed by atoms with Gasteiger partial charge in [-0.25, -0.2) is 0 Å². The highest BCUT2D eigenvalue weighted by molar-refractivity contribution is 6.34. The summed E-state index contributed by atoms with van der Waals surface area (Å²) < 4.78 is 41.6. The fourth-order valence-electron chi connectivity index (χ4n) is 6.28. The van der Waals surface area contributed by atoms with E-state index in [2.05, 4.69) is 18.2 Å². The molecule has 33 heavy (non-hydrogen) atoms. The Morgan fingerprint density at radius 3 is 2.61 bits per heavy atom. The summed E-state index contributed by atoms with van der Waals surface area (Å²) in [6.07, 6.45) is -1.05. The predicted octanol–water partition coefficient (Wildman–Crippen LogP) is 7.88. The second-order valence-corrected chi connectivity index (χ2v) is 9.85. The largest absolute Gasteiger partial charge is 0.399 e. The Labute approximate surface area is 196 Å². The van der Waals surface area contributed by atoms with Gasteiger partial charge in [0.15, 0.2) is 0 Å². The van der Waals surface area contributed by atoms with Crippen LogP contribution in [0.1, 0.15) is 58.6 Å². The Kier molecular flexibility index (Phi) is 4.67. The van der Waals surface area contributed by atoms with Gasteiger partial charge in [-0.05, 0) is 88.8 Å². The smallest absolute Gasteiger partial charge is 0.393 e. The molecule has 168 valence electrons. The van der Waals surface area contributed by atoms with E-state index in [-0.39, 0.29) is 5.92 Å². The number of alkyl halides is 3. The highest BCUT2D eigenvalue weighted by atomic mass is 35.5. The van der Waals surface area contributed by atoms with Crippen LogP contribution in [0.4, 0.5) is 18.9 Å². The van der Waals surface area contributed by atoms with Crippen LogP contribution < -0.4 is 5.73 Å². The van der Waals surface area contributed by atoms with E-state index < -0.39 is 12.6 Å². The van der Waals surface area contributed by atoms with Crippen LogP contribution in [0.3, 0.4) is 0 Å². The van der Waals surface area contributed by atoms with E-state index in [0.29, 0.717) is 22.7 Å². The lowest BCUT2D eigenvalue weighted by Crippen LogP contribution is -2.18. The van der Waals surface area contributed by atoms with Gasteiger partial charge in [-0.3, -0.25) is 0 Å². The first kappa shape index (κ1) is 20.9. The topological polar surface area (TPSA) is 26.0 Å². The molecule has 0 aromatic heterocycles. The minimum atomic E-state index is -4.29. The first-order chi connectivity index (χ1) is 15.8. The van der Waals surface area contributed by atoms with Gasteiger partial charge in [-0.1, -0.05) is 53.6 Å². The molecule has 0 saturated heterocycles. The van der Waals surface area contributed by atoms with E-state index in [9.17, 15) is 13.2 Å². The number of anilines is 1. The molecule has 0 radical (unpaired) electrons. The Bertz CT molecular complexity index is 1340. The average Bonchev–Trinajstić information content (AvgIpc) is 3.31. The lowest BCUT2D eigenvalue weighted by atomic mass is 9.76. The van der Waals surface area contributed by atoms with Crippen LogP contribution in [0, 0.1) is 0 Å². The van der Waals surface area contributed by atoms with Crippen LogP contribution in [-0.2, 0) is 19.3 Å². The number of nitrogens with two attached hydrogens (primary N) is 1. The number of nitrogen functional groups attached to an aromatic ring is 1. The summed E-state index contributed by atoms with van der Waals surface area (Å²) in [6, 6.07) is 15.8. The van der Waals surface area contributed by atoms with Crippen molar-refractivity contribution in [2.24, 2.45) is 0 Å². The highest BCUT2D eigenvalue weighted by Crippen LogP contribution is 2.52. The normalized spacial score (nSPS) is 18.7. The lowest BCUT2D eigenvalue weighted by Gasteiger charge is -2.29. The first-order valence-corrected chi connectivity index (χ1v) is 11.8. The number of benzene rings is 3. The van der Waals surface area contributed by atoms with Gasteiger partial charge in [0, 0.05) is 17.2 Å². The minimum absolute atomic E-state index is 0.0213. The van der Waals surface area contributed by atoms with E-state index in [1.165, 1.54) is 22.3 Å². The molecule has 0 amide bonds. The van der Waals surface area contributed by atoms with E-state index >= 15 is 0 Å². The fourth-order valence-corrected chi connectivity index (χ4v) is 6.63. The standard InChI is InChI=1S/C28H23ClF3N/c29-26-13-17(33)10-16-12-24-22(27(16)26)9-8-21(25(24)14-28(30,31)32)20-7-3-6-19-18-5-2-1-4-15(18)11-23(19)20/h1-2,4-5,8-10,13,20H,3,6-7,11-12,14,33H2. The average molecular weight is 466 g/mol. The van der Waals surface area contributed by atoms with E-state index in [4.69, 9.17) is 17.3 Å². The Morgan fingerprint density at radius 1 is 0.970 bits per heavy atom. The molecule has 2 N–H and O–H groups in total. The molecule has 1 unspecified atom stereocenters. The van der Waals surface area contributed by atoms with Gasteiger partial charge in [-0.15, -0.1) is 0 Å². The van der Waals surface area contributed by atoms with Crippen molar-refractivity contribution in [1.29, 1.82) is 0 Å². The van der Waals surface area contributed by atoms with Crippen molar-refractivity contribution >= 4 is 22.9 Å². The van der Waals surface area contributed by atoms with Gasteiger partial charge < -0.3 is 5.73 Å². The van der Waals surface area contributed by atoms with Gasteiger partial charge in [-0.2, -0.15) is 13.2 Å². The summed E-state index contributed by atoms with van der Waals surface area (Å²) in [5.74, 6) is 0.0213. The summed E-state index contributed by atoms with van der Waals surface area (Å²) >= 11 is 6.49. The third kappa shape index (κ3) is 3.38. The van der Waals surface area contributed by atoms with Crippen LogP contribution in [0.25, 0.3) is 16.7 Å². The molecule has 0 heterocycles. The van der Waals surface area contributed by atoms with Gasteiger partial charge in [0.2, 0.25) is 0 Å². The summed E-state index contributed by atoms with van der Waals surface area (Å²) in [5, 5.41) is 0.503. The maximum Gasteiger partial charge on any atom is 0.393 e. The van der Waals surface area contributed by atoms with Crippen LogP contribution in [0.2, 0.25) is 5.02 Å². The van der Waals surface area contributed by atoms with E-state index in [1.807, 2.05) is 24.3 Å². The first-order valence-electron chi connectivity index (χ1n) is 11.4. The molecular weight excluding hydrogens is 443 g/mol. The molecule has 3 aliphatic carbocycles. The summed E-state index contributed by atoms with van der Waals surface area (Å²) in [7, 11) is 0. The molecule has 3 aromatic carbocycles. The van der Waals surface area contributed by atoms with Gasteiger partial charge in [0.25, 0.3) is 0 Å². The maximum atomic E-state index is 13.9. The molecule has 0 spiro atoms. The molecule has 0 aliphatic heterocycles. The SMILES string of the molecule is Nc1cc(Cl)c2c(c1)Cc1c-2ccc(C2CCCC3=C2Cc2ccccc23)c1CC(F)(F)F. The number of allylic oxidation sites excluding steroid dienone is 2. The Balaban J connectivity index is 1.51. The molecule has 1 nitrogen and oxygen atoms in total. The molecule has 6 rings (SSSR count). The number of hydrogen-bond donors (Lipinski definition) is 1. The van der Waals surface area contributed by atoms with Crippen LogP contribution in [0.5, 0.6) is 0 Å². The van der Waals surface area contributed by atoms with Crippen molar-refractivity contribution in [2.75, 3.05) is 5.73 Å². The van der Waals surface area contributed by atoms with Crippen molar-refractivity contribution in [3.8, 4) is 11.1 Å². The zero-order chi connectivity index (χ0) is 22.9. The lowest BCUT2D eigenvalue weighted by molar-refractivity contribution is -0.127. The second kappa shape index (κ2) is 7.39. The summed E-state index contributed by atoms with van der Waals surface area (Å²) in [6.45, 7) is 0. The second-order valence-electron chi connectivity index (χ2n) is 9.45. The summed E-state index contributed by atoms with van der Waals surface area (Å²) in [5.41, 5.74) is 16.3. The molecule has 0 fully saturated rings. The van der Waals surface area contributed by atoms with Crippen molar-refractivity contribution in [3.05, 3.63) is 92.5 Å². The highest BCUT2D eigenvalue weighted by Gasteiger charge is 2.37. The molecule has 5 heteroatoms. The number of halogens is 4. The zero-order valence-electron chi connectivity index (χ0n) is 18.0. The van der Waals surface area contributed by atoms with Gasteiger partial charge >= 0.3 is 6.18 Å². The molecule has 0 saturated carbocycles. The van der Waals surface area contributed by atoms with E-state index in [1.54, 1.807) is 6.07 Å². The third-order valence-corrected chi connectivity index (χ3v) is 7.80.